The third-order valence-electron chi connectivity index (χ3n) is 4.19. The lowest BCUT2D eigenvalue weighted by Crippen LogP contribution is -2.06. The van der Waals surface area contributed by atoms with Crippen molar-refractivity contribution >= 4 is 24.0 Å². The van der Waals surface area contributed by atoms with Gasteiger partial charge in [0.2, 0.25) is 0 Å². The molecule has 11 heteroatoms. The summed E-state index contributed by atoms with van der Waals surface area (Å²) in [5.74, 6) is -1.01. The Morgan fingerprint density at radius 2 is 1.77 bits per heavy atom. The van der Waals surface area contributed by atoms with Crippen molar-refractivity contribution in [3.05, 3.63) is 60.0 Å². The molecule has 0 spiro atoms. The van der Waals surface area contributed by atoms with Crippen LogP contribution in [0.5, 0.6) is 17.2 Å². The fraction of sp³-hybridized carbons (Fsp3) is 0.200. The molecule has 3 aromatic rings. The minimum Gasteiger partial charge on any atom is -0.495 e. The summed E-state index contributed by atoms with van der Waals surface area (Å²) >= 11 is 0. The molecular weight excluding hydrogens is 437 g/mol. The van der Waals surface area contributed by atoms with E-state index in [2.05, 4.69) is 15.5 Å². The maximum atomic E-state index is 13.9. The van der Waals surface area contributed by atoms with Gasteiger partial charge in [-0.3, -0.25) is 0 Å². The fourth-order valence-corrected chi connectivity index (χ4v) is 3.47. The Balaban J connectivity index is 1.86. The van der Waals surface area contributed by atoms with Crippen molar-refractivity contribution in [3.63, 3.8) is 0 Å². The third-order valence-corrected chi connectivity index (χ3v) is 5.71. The van der Waals surface area contributed by atoms with Crippen molar-refractivity contribution in [2.45, 2.75) is 6.18 Å². The van der Waals surface area contributed by atoms with Gasteiger partial charge in [0, 0.05) is 11.4 Å². The highest BCUT2D eigenvalue weighted by atomic mass is 31.2. The van der Waals surface area contributed by atoms with Crippen LogP contribution < -0.4 is 20.1 Å². The van der Waals surface area contributed by atoms with E-state index in [1.54, 1.807) is 31.5 Å². The Hall–Kier alpha value is -3.13. The minimum absolute atomic E-state index is 0.0297. The highest BCUT2D eigenvalue weighted by molar-refractivity contribution is 7.70. The monoisotopic (exact) mass is 455 g/mol. The van der Waals surface area contributed by atoms with Crippen molar-refractivity contribution in [2.24, 2.45) is 0 Å². The molecule has 1 aromatic heterocycles. The molecule has 0 atom stereocenters. The summed E-state index contributed by atoms with van der Waals surface area (Å²) in [6.45, 7) is 3.27. The molecule has 31 heavy (non-hydrogen) atoms. The Morgan fingerprint density at radius 3 is 2.42 bits per heavy atom. The molecule has 0 aliphatic rings. The lowest BCUT2D eigenvalue weighted by atomic mass is 10.2. The van der Waals surface area contributed by atoms with Gasteiger partial charge in [0.05, 0.1) is 24.6 Å². The van der Waals surface area contributed by atoms with Gasteiger partial charge in [-0.1, -0.05) is 0 Å². The van der Waals surface area contributed by atoms with Crippen LogP contribution in [0.25, 0.3) is 0 Å². The van der Waals surface area contributed by atoms with Crippen LogP contribution in [0.2, 0.25) is 0 Å². The first kappa shape index (κ1) is 22.6. The zero-order chi connectivity index (χ0) is 22.8. The Labute approximate surface area is 175 Å². The van der Waals surface area contributed by atoms with E-state index >= 15 is 0 Å². The van der Waals surface area contributed by atoms with Gasteiger partial charge in [-0.25, -0.2) is 4.39 Å². The van der Waals surface area contributed by atoms with E-state index in [-0.39, 0.29) is 11.6 Å². The van der Waals surface area contributed by atoms with E-state index in [0.29, 0.717) is 34.9 Å². The van der Waals surface area contributed by atoms with Crippen LogP contribution in [0.3, 0.4) is 0 Å². The first-order valence-corrected chi connectivity index (χ1v) is 11.5. The highest BCUT2D eigenvalue weighted by Gasteiger charge is 2.31. The topological polar surface area (TPSA) is 73.3 Å². The molecule has 0 aliphatic heterocycles. The number of halogens is 4. The van der Waals surface area contributed by atoms with Crippen molar-refractivity contribution in [2.75, 3.05) is 25.8 Å². The molecule has 164 valence electrons. The summed E-state index contributed by atoms with van der Waals surface area (Å²) in [6, 6.07) is 8.17. The van der Waals surface area contributed by atoms with Crippen LogP contribution in [0.4, 0.5) is 29.1 Å². The van der Waals surface area contributed by atoms with E-state index in [1.807, 2.05) is 0 Å². The number of rotatable bonds is 6. The number of hydrogen-bond acceptors (Lipinski definition) is 6. The molecular formula is C20H18F4N3O3P. The van der Waals surface area contributed by atoms with Crippen LogP contribution in [0.1, 0.15) is 5.56 Å². The lowest BCUT2D eigenvalue weighted by molar-refractivity contribution is -0.137. The van der Waals surface area contributed by atoms with Crippen LogP contribution >= 0.6 is 7.14 Å². The number of nitrogens with one attached hydrogen (secondary N) is 1. The number of alkyl halides is 3. The van der Waals surface area contributed by atoms with Gasteiger partial charge < -0.3 is 19.4 Å². The zero-order valence-electron chi connectivity index (χ0n) is 16.7. The molecule has 0 unspecified atom stereocenters. The van der Waals surface area contributed by atoms with Gasteiger partial charge in [-0.2, -0.15) is 18.3 Å². The summed E-state index contributed by atoms with van der Waals surface area (Å²) in [4.78, 5) is 0. The number of aromatic nitrogens is 2. The maximum absolute atomic E-state index is 13.9. The SMILES string of the molecule is COc1cc(P(C)(C)=O)ccc1Nc1cc(Oc2cc(C(F)(F)F)ccc2F)cnn1. The van der Waals surface area contributed by atoms with Crippen LogP contribution in [0, 0.1) is 5.82 Å². The lowest BCUT2D eigenvalue weighted by Gasteiger charge is -2.14. The smallest absolute Gasteiger partial charge is 0.416 e. The summed E-state index contributed by atoms with van der Waals surface area (Å²) in [7, 11) is -1.05. The number of nitrogens with zero attached hydrogens (tertiary/aromatic N) is 2. The second-order valence-electron chi connectivity index (χ2n) is 6.88. The van der Waals surface area contributed by atoms with Crippen LogP contribution in [-0.4, -0.2) is 30.6 Å². The van der Waals surface area contributed by atoms with Crippen molar-refractivity contribution in [1.82, 2.24) is 10.2 Å². The summed E-state index contributed by atoms with van der Waals surface area (Å²) < 4.78 is 75.4. The first-order valence-electron chi connectivity index (χ1n) is 8.85. The summed E-state index contributed by atoms with van der Waals surface area (Å²) in [5.41, 5.74) is -0.561. The number of hydrogen-bond donors (Lipinski definition) is 1. The number of anilines is 2. The molecule has 0 fully saturated rings. The molecule has 1 N–H and O–H groups in total. The van der Waals surface area contributed by atoms with Gasteiger partial charge in [0.25, 0.3) is 0 Å². The quantitative estimate of drug-likeness (QED) is 0.395. The fourth-order valence-electron chi connectivity index (χ4n) is 2.61. The molecule has 6 nitrogen and oxygen atoms in total. The van der Waals surface area contributed by atoms with Gasteiger partial charge in [-0.05, 0) is 49.7 Å². The first-order chi connectivity index (χ1) is 14.5. The second kappa shape index (κ2) is 8.55. The molecule has 0 radical (unpaired) electrons. The number of methoxy groups -OCH3 is 1. The van der Waals surface area contributed by atoms with Gasteiger partial charge in [0.15, 0.2) is 23.1 Å². The molecule has 0 saturated carbocycles. The molecule has 0 bridgehead atoms. The predicted octanol–water partition coefficient (Wildman–Crippen LogP) is 5.43. The third kappa shape index (κ3) is 5.52. The average Bonchev–Trinajstić information content (AvgIpc) is 2.68. The van der Waals surface area contributed by atoms with Gasteiger partial charge >= 0.3 is 6.18 Å². The van der Waals surface area contributed by atoms with E-state index in [9.17, 15) is 22.1 Å². The zero-order valence-corrected chi connectivity index (χ0v) is 17.6. The van der Waals surface area contributed by atoms with E-state index in [0.717, 1.165) is 6.20 Å². The second-order valence-corrected chi connectivity index (χ2v) is 10.1. The van der Waals surface area contributed by atoms with Crippen molar-refractivity contribution in [3.8, 4) is 17.2 Å². The van der Waals surface area contributed by atoms with Gasteiger partial charge in [-0.15, -0.1) is 5.10 Å². The van der Waals surface area contributed by atoms with Gasteiger partial charge in [0.1, 0.15) is 12.9 Å². The van der Waals surface area contributed by atoms with E-state index in [4.69, 9.17) is 9.47 Å². The number of ether oxygens (including phenoxy) is 2. The Bertz CT molecular complexity index is 1150. The Kier molecular flexibility index (Phi) is 6.22. The largest absolute Gasteiger partial charge is 0.495 e. The van der Waals surface area contributed by atoms with Crippen molar-refractivity contribution < 1.29 is 31.6 Å². The molecule has 1 heterocycles. The van der Waals surface area contributed by atoms with E-state index < -0.39 is 30.4 Å². The maximum Gasteiger partial charge on any atom is 0.416 e. The Morgan fingerprint density at radius 1 is 1.03 bits per heavy atom. The highest BCUT2D eigenvalue weighted by Crippen LogP contribution is 2.38. The van der Waals surface area contributed by atoms with Crippen molar-refractivity contribution in [1.29, 1.82) is 0 Å². The minimum atomic E-state index is -4.64. The normalized spacial score (nSPS) is 11.8. The average molecular weight is 455 g/mol. The molecule has 0 amide bonds. The van der Waals surface area contributed by atoms with Crippen LogP contribution in [0.15, 0.2) is 48.7 Å². The molecule has 0 saturated heterocycles. The predicted molar refractivity (Wildman–Crippen MR) is 109 cm³/mol. The molecule has 0 aliphatic carbocycles. The standard InChI is InChI=1S/C20H18F4N3O3P/c1-29-18-10-14(31(2,3)28)5-7-16(18)26-19-9-13(11-25-27-19)30-17-8-12(20(22,23)24)4-6-15(17)21/h4-11H,1-3H3,(H,26,27). The molecule has 2 aromatic carbocycles. The summed E-state index contributed by atoms with van der Waals surface area (Å²) in [5, 5.41) is 11.2. The molecule has 3 rings (SSSR count). The van der Waals surface area contributed by atoms with E-state index in [1.165, 1.54) is 13.2 Å². The number of benzene rings is 2. The summed E-state index contributed by atoms with van der Waals surface area (Å²) in [6.07, 6.45) is -3.51. The van der Waals surface area contributed by atoms with Crippen LogP contribution in [-0.2, 0) is 10.7 Å².